The van der Waals surface area contributed by atoms with Crippen molar-refractivity contribution in [2.75, 3.05) is 52.4 Å². The molecule has 2 nitrogen and oxygen atoms in total. The maximum absolute atomic E-state index is 2.34. The first kappa shape index (κ1) is 21.2. The topological polar surface area (TPSA) is 0 Å². The molecule has 2 heterocycles. The Bertz CT molecular complexity index is 295. The summed E-state index contributed by atoms with van der Waals surface area (Å²) in [4.78, 5) is 0. The van der Waals surface area contributed by atoms with Crippen LogP contribution in [0.15, 0.2) is 0 Å². The lowest BCUT2D eigenvalue weighted by Gasteiger charge is -2.36. The molecule has 148 valence electrons. The third-order valence-electron chi connectivity index (χ3n) is 7.27. The summed E-state index contributed by atoms with van der Waals surface area (Å²) >= 11 is 0. The Morgan fingerprint density at radius 3 is 1.08 bits per heavy atom. The van der Waals surface area contributed by atoms with E-state index < -0.39 is 0 Å². The molecule has 0 N–H and O–H groups in total. The highest BCUT2D eigenvalue weighted by Crippen LogP contribution is 2.24. The molecule has 0 radical (unpaired) electrons. The van der Waals surface area contributed by atoms with Crippen LogP contribution < -0.4 is 0 Å². The van der Waals surface area contributed by atoms with E-state index in [0.717, 1.165) is 0 Å². The fourth-order valence-electron chi connectivity index (χ4n) is 5.60. The summed E-state index contributed by atoms with van der Waals surface area (Å²) in [6, 6.07) is 0. The lowest BCUT2D eigenvalue weighted by atomic mass is 10.1. The van der Waals surface area contributed by atoms with Crippen LogP contribution in [0.3, 0.4) is 0 Å². The van der Waals surface area contributed by atoms with E-state index in [9.17, 15) is 0 Å². The van der Waals surface area contributed by atoms with Crippen LogP contribution in [-0.2, 0) is 0 Å². The Hall–Kier alpha value is -0.0800. The zero-order chi connectivity index (χ0) is 17.8. The molecule has 0 aromatic heterocycles. The van der Waals surface area contributed by atoms with Crippen LogP contribution in [0.25, 0.3) is 0 Å². The maximum Gasteiger partial charge on any atom is 0.0788 e. The summed E-state index contributed by atoms with van der Waals surface area (Å²) in [5.74, 6) is 0. The zero-order valence-electron chi connectivity index (χ0n) is 17.7. The van der Waals surface area contributed by atoms with Gasteiger partial charge in [-0.05, 0) is 44.9 Å². The van der Waals surface area contributed by atoms with Crippen LogP contribution in [0.4, 0.5) is 0 Å². The lowest BCUT2D eigenvalue weighted by Crippen LogP contribution is -2.47. The van der Waals surface area contributed by atoms with Crippen molar-refractivity contribution < 1.29 is 8.97 Å². The van der Waals surface area contributed by atoms with E-state index in [2.05, 4.69) is 13.8 Å². The van der Waals surface area contributed by atoms with Gasteiger partial charge in [-0.3, -0.25) is 0 Å². The van der Waals surface area contributed by atoms with Crippen molar-refractivity contribution in [3.8, 4) is 0 Å². The molecule has 25 heavy (non-hydrogen) atoms. The molecule has 0 atom stereocenters. The summed E-state index contributed by atoms with van der Waals surface area (Å²) in [5, 5.41) is 0. The van der Waals surface area contributed by atoms with E-state index in [0.29, 0.717) is 0 Å². The monoisotopic (exact) mass is 352 g/mol. The van der Waals surface area contributed by atoms with Gasteiger partial charge < -0.3 is 8.97 Å². The molecule has 0 aromatic rings. The van der Waals surface area contributed by atoms with Crippen molar-refractivity contribution in [2.24, 2.45) is 0 Å². The van der Waals surface area contributed by atoms with Crippen molar-refractivity contribution in [3.05, 3.63) is 0 Å². The van der Waals surface area contributed by atoms with Gasteiger partial charge in [-0.1, -0.05) is 26.7 Å². The minimum atomic E-state index is 1.37. The minimum Gasteiger partial charge on any atom is -0.324 e. The Kier molecular flexibility index (Phi) is 9.84. The first-order valence-corrected chi connectivity index (χ1v) is 11.9. The third kappa shape index (κ3) is 7.21. The number of hydrogen-bond donors (Lipinski definition) is 0. The largest absolute Gasteiger partial charge is 0.324 e. The smallest absolute Gasteiger partial charge is 0.0788 e. The number of quaternary nitrogens is 2. The van der Waals surface area contributed by atoms with Gasteiger partial charge in [-0.15, -0.1) is 0 Å². The average molecular weight is 353 g/mol. The summed E-state index contributed by atoms with van der Waals surface area (Å²) in [6.07, 6.45) is 19.0. The second-order valence-electron chi connectivity index (χ2n) is 9.36. The Morgan fingerprint density at radius 2 is 0.760 bits per heavy atom. The standard InChI is InChI=1S/C23H48N2/c1-3-5-8-16-24(20-12-13-21-24)18-10-7-11-19-25(17-9-6-4-2)22-14-15-23-25/h3-23H2,1-2H3/q+2. The summed E-state index contributed by atoms with van der Waals surface area (Å²) in [6.45, 7) is 16.6. The van der Waals surface area contributed by atoms with E-state index in [1.54, 1.807) is 0 Å². The van der Waals surface area contributed by atoms with E-state index in [4.69, 9.17) is 0 Å². The summed E-state index contributed by atoms with van der Waals surface area (Å²) in [5.41, 5.74) is 0. The van der Waals surface area contributed by atoms with Crippen LogP contribution in [-0.4, -0.2) is 61.3 Å². The van der Waals surface area contributed by atoms with E-state index in [1.807, 2.05) is 0 Å². The van der Waals surface area contributed by atoms with Gasteiger partial charge in [-0.2, -0.15) is 0 Å². The Morgan fingerprint density at radius 1 is 0.440 bits per heavy atom. The second kappa shape index (κ2) is 11.6. The highest BCUT2D eigenvalue weighted by molar-refractivity contribution is 4.59. The van der Waals surface area contributed by atoms with Crippen LogP contribution in [0.2, 0.25) is 0 Å². The molecule has 0 amide bonds. The molecule has 2 aliphatic heterocycles. The Labute approximate surface area is 159 Å². The fraction of sp³-hybridized carbons (Fsp3) is 1.00. The van der Waals surface area contributed by atoms with Crippen LogP contribution in [0.1, 0.15) is 97.3 Å². The highest BCUT2D eigenvalue weighted by Gasteiger charge is 2.32. The molecule has 0 unspecified atom stereocenters. The van der Waals surface area contributed by atoms with Crippen LogP contribution >= 0.6 is 0 Å². The van der Waals surface area contributed by atoms with E-state index in [-0.39, 0.29) is 0 Å². The van der Waals surface area contributed by atoms with Crippen molar-refractivity contribution in [3.63, 3.8) is 0 Å². The van der Waals surface area contributed by atoms with Gasteiger partial charge in [0.25, 0.3) is 0 Å². The number of hydrogen-bond acceptors (Lipinski definition) is 0. The summed E-state index contributed by atoms with van der Waals surface area (Å²) in [7, 11) is 0. The molecule has 2 heteroatoms. The van der Waals surface area contributed by atoms with Gasteiger partial charge in [0.2, 0.25) is 0 Å². The predicted octanol–water partition coefficient (Wildman–Crippen LogP) is 5.76. The van der Waals surface area contributed by atoms with Gasteiger partial charge in [0.15, 0.2) is 0 Å². The zero-order valence-corrected chi connectivity index (χ0v) is 17.7. The normalized spacial score (nSPS) is 21.8. The second-order valence-corrected chi connectivity index (χ2v) is 9.36. The Balaban J connectivity index is 1.65. The highest BCUT2D eigenvalue weighted by atomic mass is 15.4. The van der Waals surface area contributed by atoms with Crippen molar-refractivity contribution >= 4 is 0 Å². The van der Waals surface area contributed by atoms with Crippen molar-refractivity contribution in [2.45, 2.75) is 97.3 Å². The lowest BCUT2D eigenvalue weighted by molar-refractivity contribution is -0.919. The fourth-order valence-corrected chi connectivity index (χ4v) is 5.60. The molecule has 0 saturated carbocycles. The van der Waals surface area contributed by atoms with Gasteiger partial charge in [0.1, 0.15) is 0 Å². The quantitative estimate of drug-likeness (QED) is 0.275. The minimum absolute atomic E-state index is 1.37. The molecule has 0 aromatic carbocycles. The molecule has 2 rings (SSSR count). The van der Waals surface area contributed by atoms with E-state index in [1.165, 1.54) is 145 Å². The van der Waals surface area contributed by atoms with Crippen molar-refractivity contribution in [1.29, 1.82) is 0 Å². The number of likely N-dealkylation sites (tertiary alicyclic amines) is 2. The summed E-state index contributed by atoms with van der Waals surface area (Å²) < 4.78 is 2.97. The van der Waals surface area contributed by atoms with E-state index >= 15 is 0 Å². The molecule has 0 aliphatic carbocycles. The molecular formula is C23H48N2+2. The molecule has 0 bridgehead atoms. The SMILES string of the molecule is CCCCC[N+]1(CCCCC[N+]2(CCCCC)CCCC2)CCCC1. The molecule has 2 aliphatic rings. The van der Waals surface area contributed by atoms with Crippen LogP contribution in [0.5, 0.6) is 0 Å². The molecule has 2 saturated heterocycles. The number of rotatable bonds is 14. The predicted molar refractivity (Wildman–Crippen MR) is 111 cm³/mol. The third-order valence-corrected chi connectivity index (χ3v) is 7.27. The molecule has 2 fully saturated rings. The van der Waals surface area contributed by atoms with Crippen LogP contribution in [0, 0.1) is 0 Å². The first-order chi connectivity index (χ1) is 12.2. The number of unbranched alkanes of at least 4 members (excludes halogenated alkanes) is 6. The maximum atomic E-state index is 2.34. The molecular weight excluding hydrogens is 304 g/mol. The number of nitrogens with zero attached hydrogens (tertiary/aromatic N) is 2. The van der Waals surface area contributed by atoms with Gasteiger partial charge >= 0.3 is 0 Å². The van der Waals surface area contributed by atoms with Gasteiger partial charge in [0, 0.05) is 25.7 Å². The first-order valence-electron chi connectivity index (χ1n) is 11.9. The van der Waals surface area contributed by atoms with Gasteiger partial charge in [0.05, 0.1) is 52.4 Å². The molecule has 0 spiro atoms. The average Bonchev–Trinajstić information content (AvgIpc) is 3.26. The van der Waals surface area contributed by atoms with Gasteiger partial charge in [-0.25, -0.2) is 0 Å². The van der Waals surface area contributed by atoms with Crippen molar-refractivity contribution in [1.82, 2.24) is 0 Å².